The van der Waals surface area contributed by atoms with Crippen molar-refractivity contribution < 1.29 is 13.2 Å². The van der Waals surface area contributed by atoms with Gasteiger partial charge in [0.2, 0.25) is 19.4 Å². The number of hydrogen-bond donors (Lipinski definition) is 1. The molecule has 1 N–H and O–H groups in total. The molecule has 0 radical (unpaired) electrons. The number of nitrogens with zero attached hydrogens (tertiary/aromatic N) is 3. The van der Waals surface area contributed by atoms with Gasteiger partial charge in [0.15, 0.2) is 5.84 Å². The number of amides is 1. The van der Waals surface area contributed by atoms with Crippen LogP contribution in [-0.4, -0.2) is 40.5 Å². The zero-order valence-corrected chi connectivity index (χ0v) is 16.2. The Balaban J connectivity index is 1.94. The van der Waals surface area contributed by atoms with E-state index in [0.717, 1.165) is 27.9 Å². The van der Waals surface area contributed by atoms with E-state index >= 15 is 0 Å². The van der Waals surface area contributed by atoms with Gasteiger partial charge in [0.1, 0.15) is 0 Å². The number of fused-ring (bicyclic) bond motifs is 1. The summed E-state index contributed by atoms with van der Waals surface area (Å²) >= 11 is 0.810. The Labute approximate surface area is 156 Å². The summed E-state index contributed by atoms with van der Waals surface area (Å²) in [7, 11) is -3.58. The topological polar surface area (TPSA) is 103 Å². The zero-order valence-electron chi connectivity index (χ0n) is 14.6. The van der Waals surface area contributed by atoms with E-state index in [4.69, 9.17) is 5.41 Å². The Bertz CT molecular complexity index is 974. The van der Waals surface area contributed by atoms with E-state index < -0.39 is 15.7 Å². The molecular weight excluding hydrogens is 372 g/mol. The summed E-state index contributed by atoms with van der Waals surface area (Å²) in [6, 6.07) is 7.47. The molecule has 0 unspecified atom stereocenters. The van der Waals surface area contributed by atoms with E-state index in [1.54, 1.807) is 19.9 Å². The average molecular weight is 390 g/mol. The van der Waals surface area contributed by atoms with Crippen LogP contribution in [0.1, 0.15) is 25.0 Å². The summed E-state index contributed by atoms with van der Waals surface area (Å²) in [5.74, 6) is -0.858. The number of hydrogen-bond acceptors (Lipinski definition) is 6. The second-order valence-corrected chi connectivity index (χ2v) is 9.64. The molecule has 0 saturated heterocycles. The third-order valence-electron chi connectivity index (χ3n) is 3.64. The molecule has 0 aromatic heterocycles. The van der Waals surface area contributed by atoms with Crippen molar-refractivity contribution in [2.75, 3.05) is 5.75 Å². The Kier molecular flexibility index (Phi) is 4.85. The summed E-state index contributed by atoms with van der Waals surface area (Å²) in [6.07, 6.45) is 1.56. The first-order chi connectivity index (χ1) is 12.2. The Morgan fingerprint density at radius 1 is 1.27 bits per heavy atom. The van der Waals surface area contributed by atoms with Crippen LogP contribution in [-0.2, 0) is 14.6 Å². The number of benzene rings is 1. The molecule has 2 aliphatic heterocycles. The maximum absolute atomic E-state index is 12.4. The Morgan fingerprint density at radius 3 is 2.54 bits per heavy atom. The number of aryl methyl sites for hydroxylation is 1. The predicted octanol–water partition coefficient (Wildman–Crippen LogP) is 2.64. The van der Waals surface area contributed by atoms with Crippen LogP contribution in [0.4, 0.5) is 0 Å². The second kappa shape index (κ2) is 6.81. The first-order valence-electron chi connectivity index (χ1n) is 7.97. The highest BCUT2D eigenvalue weighted by molar-refractivity contribution is 8.42. The molecule has 2 aliphatic rings. The molecule has 0 saturated carbocycles. The zero-order chi connectivity index (χ0) is 19.1. The first-order valence-corrected chi connectivity index (χ1v) is 10.4. The number of sulfone groups is 1. The molecule has 0 fully saturated rings. The normalized spacial score (nSPS) is 19.1. The van der Waals surface area contributed by atoms with Crippen molar-refractivity contribution in [3.05, 3.63) is 41.0 Å². The van der Waals surface area contributed by atoms with Gasteiger partial charge in [-0.15, -0.1) is 5.10 Å². The molecule has 7 nitrogen and oxygen atoms in total. The molecule has 1 aromatic carbocycles. The van der Waals surface area contributed by atoms with Gasteiger partial charge in [-0.1, -0.05) is 43.7 Å². The van der Waals surface area contributed by atoms with E-state index in [1.165, 1.54) is 0 Å². The first kappa shape index (κ1) is 18.5. The van der Waals surface area contributed by atoms with E-state index in [2.05, 4.69) is 10.1 Å². The van der Waals surface area contributed by atoms with Gasteiger partial charge in [-0.3, -0.25) is 10.2 Å². The molecule has 136 valence electrons. The minimum absolute atomic E-state index is 0.0483. The molecule has 9 heteroatoms. The van der Waals surface area contributed by atoms with Gasteiger partial charge in [0, 0.05) is 0 Å². The number of aliphatic imine (C=N–C) groups is 1. The predicted molar refractivity (Wildman–Crippen MR) is 105 cm³/mol. The minimum atomic E-state index is -3.58. The van der Waals surface area contributed by atoms with E-state index in [0.29, 0.717) is 0 Å². The maximum Gasteiger partial charge on any atom is 0.283 e. The molecular formula is C17H18N4O3S2. The molecule has 0 bridgehead atoms. The summed E-state index contributed by atoms with van der Waals surface area (Å²) in [6.45, 7) is 5.56. The smallest absolute Gasteiger partial charge is 0.282 e. The molecule has 0 aliphatic carbocycles. The number of carbonyl (C=O) groups is 1. The quantitative estimate of drug-likeness (QED) is 0.799. The molecule has 26 heavy (non-hydrogen) atoms. The van der Waals surface area contributed by atoms with E-state index in [9.17, 15) is 13.2 Å². The molecule has 1 aromatic rings. The SMILES string of the molecule is Cc1ccc(/C=C2\C(=N)N3N=C(S(=O)(=O)CC(C)C)SC3=NC2=O)cc1. The fourth-order valence-corrected chi connectivity index (χ4v) is 5.23. The second-order valence-electron chi connectivity index (χ2n) is 6.47. The van der Waals surface area contributed by atoms with Crippen molar-refractivity contribution in [1.29, 1.82) is 5.41 Å². The summed E-state index contributed by atoms with van der Waals surface area (Å²) < 4.78 is 24.6. The summed E-state index contributed by atoms with van der Waals surface area (Å²) in [5.41, 5.74) is 1.91. The number of carbonyl (C=O) groups excluding carboxylic acids is 1. The lowest BCUT2D eigenvalue weighted by atomic mass is 10.1. The summed E-state index contributed by atoms with van der Waals surface area (Å²) in [5, 5.41) is 13.5. The third-order valence-corrected chi connectivity index (χ3v) is 7.08. The minimum Gasteiger partial charge on any atom is -0.282 e. The number of thioether (sulfide) groups is 1. The highest BCUT2D eigenvalue weighted by atomic mass is 32.3. The monoisotopic (exact) mass is 390 g/mol. The van der Waals surface area contributed by atoms with Crippen LogP contribution in [0.5, 0.6) is 0 Å². The van der Waals surface area contributed by atoms with Crippen molar-refractivity contribution >= 4 is 49.0 Å². The standard InChI is InChI=1S/C17H18N4O3S2/c1-10(2)9-26(23,24)17-20-21-14(18)13(15(22)19-16(21)25-17)8-12-6-4-11(3)5-7-12/h4-8,10,18H,9H2,1-3H3/b13-8+,18-14?. The van der Waals surface area contributed by atoms with Crippen LogP contribution < -0.4 is 0 Å². The van der Waals surface area contributed by atoms with Crippen LogP contribution in [0.15, 0.2) is 39.9 Å². The molecule has 0 spiro atoms. The van der Waals surface area contributed by atoms with Crippen molar-refractivity contribution in [3.8, 4) is 0 Å². The van der Waals surface area contributed by atoms with Crippen molar-refractivity contribution in [2.45, 2.75) is 20.8 Å². The highest BCUT2D eigenvalue weighted by Crippen LogP contribution is 2.30. The lowest BCUT2D eigenvalue weighted by Gasteiger charge is -2.20. The van der Waals surface area contributed by atoms with Crippen molar-refractivity contribution in [2.24, 2.45) is 16.0 Å². The van der Waals surface area contributed by atoms with Gasteiger partial charge in [0.05, 0.1) is 11.3 Å². The van der Waals surface area contributed by atoms with Gasteiger partial charge in [-0.2, -0.15) is 10.0 Å². The van der Waals surface area contributed by atoms with Gasteiger partial charge in [-0.25, -0.2) is 8.42 Å². The number of hydrazone groups is 1. The van der Waals surface area contributed by atoms with Gasteiger partial charge < -0.3 is 0 Å². The van der Waals surface area contributed by atoms with E-state index in [-0.39, 0.29) is 32.6 Å². The number of amidine groups is 2. The average Bonchev–Trinajstić information content (AvgIpc) is 2.97. The van der Waals surface area contributed by atoms with E-state index in [1.807, 2.05) is 31.2 Å². The third kappa shape index (κ3) is 3.63. The summed E-state index contributed by atoms with van der Waals surface area (Å²) in [4.78, 5) is 16.2. The molecule has 2 heterocycles. The van der Waals surface area contributed by atoms with Crippen molar-refractivity contribution in [1.82, 2.24) is 5.01 Å². The van der Waals surface area contributed by atoms with Gasteiger partial charge in [-0.05, 0) is 36.2 Å². The van der Waals surface area contributed by atoms with Gasteiger partial charge >= 0.3 is 0 Å². The lowest BCUT2D eigenvalue weighted by molar-refractivity contribution is -0.114. The van der Waals surface area contributed by atoms with Crippen LogP contribution in [0.3, 0.4) is 0 Å². The van der Waals surface area contributed by atoms with Crippen LogP contribution >= 0.6 is 11.8 Å². The Hall–Kier alpha value is -2.26. The van der Waals surface area contributed by atoms with Gasteiger partial charge in [0.25, 0.3) is 5.91 Å². The molecule has 3 rings (SSSR count). The van der Waals surface area contributed by atoms with Crippen molar-refractivity contribution in [3.63, 3.8) is 0 Å². The Morgan fingerprint density at radius 2 is 1.92 bits per heavy atom. The van der Waals surface area contributed by atoms with Crippen LogP contribution in [0.2, 0.25) is 0 Å². The maximum atomic E-state index is 12.4. The molecule has 0 atom stereocenters. The molecule has 1 amide bonds. The van der Waals surface area contributed by atoms with Crippen LogP contribution in [0.25, 0.3) is 6.08 Å². The fraction of sp³-hybridized carbons (Fsp3) is 0.294. The van der Waals surface area contributed by atoms with Crippen LogP contribution in [0, 0.1) is 18.3 Å². The largest absolute Gasteiger partial charge is 0.283 e. The number of rotatable bonds is 3. The fourth-order valence-electron chi connectivity index (χ4n) is 2.44. The number of nitrogens with one attached hydrogen (secondary N) is 1. The highest BCUT2D eigenvalue weighted by Gasteiger charge is 2.39. The lowest BCUT2D eigenvalue weighted by Crippen LogP contribution is -2.35.